The SMILES string of the molecule is Cc1nc(SC(C)C(=O)Nc2ccc(N)cc2)n[nH]1. The first-order chi connectivity index (χ1) is 9.04. The summed E-state index contributed by atoms with van der Waals surface area (Å²) in [5.41, 5.74) is 6.97. The fourth-order valence-corrected chi connectivity index (χ4v) is 2.17. The summed E-state index contributed by atoms with van der Waals surface area (Å²) in [5, 5.41) is 9.83. The van der Waals surface area contributed by atoms with Gasteiger partial charge in [0.05, 0.1) is 5.25 Å². The van der Waals surface area contributed by atoms with E-state index in [1.807, 2.05) is 13.8 Å². The molecule has 2 rings (SSSR count). The van der Waals surface area contributed by atoms with E-state index in [9.17, 15) is 4.79 Å². The van der Waals surface area contributed by atoms with Gasteiger partial charge in [0.1, 0.15) is 5.82 Å². The third-order valence-corrected chi connectivity index (χ3v) is 3.37. The lowest BCUT2D eigenvalue weighted by Gasteiger charge is -2.10. The van der Waals surface area contributed by atoms with E-state index in [4.69, 9.17) is 5.73 Å². The number of amides is 1. The van der Waals surface area contributed by atoms with E-state index in [0.29, 0.717) is 10.8 Å². The first kappa shape index (κ1) is 13.4. The molecule has 1 aromatic carbocycles. The second-order valence-corrected chi connectivity index (χ2v) is 5.38. The van der Waals surface area contributed by atoms with Crippen LogP contribution in [0.15, 0.2) is 29.4 Å². The van der Waals surface area contributed by atoms with E-state index in [0.717, 1.165) is 11.5 Å². The fraction of sp³-hybridized carbons (Fsp3) is 0.250. The van der Waals surface area contributed by atoms with Gasteiger partial charge in [-0.2, -0.15) is 0 Å². The van der Waals surface area contributed by atoms with Crippen LogP contribution in [0.25, 0.3) is 0 Å². The quantitative estimate of drug-likeness (QED) is 0.585. The molecule has 1 amide bonds. The summed E-state index contributed by atoms with van der Waals surface area (Å²) < 4.78 is 0. The Kier molecular flexibility index (Phi) is 4.06. The summed E-state index contributed by atoms with van der Waals surface area (Å²) in [6.07, 6.45) is 0. The molecule has 0 aliphatic rings. The summed E-state index contributed by atoms with van der Waals surface area (Å²) in [6.45, 7) is 3.62. The van der Waals surface area contributed by atoms with Crippen LogP contribution in [-0.4, -0.2) is 26.3 Å². The maximum absolute atomic E-state index is 12.0. The Morgan fingerprint density at radius 1 is 1.42 bits per heavy atom. The smallest absolute Gasteiger partial charge is 0.237 e. The number of carbonyl (C=O) groups is 1. The zero-order valence-electron chi connectivity index (χ0n) is 10.7. The van der Waals surface area contributed by atoms with Gasteiger partial charge in [0.2, 0.25) is 11.1 Å². The standard InChI is InChI=1S/C12H15N5OS/c1-7(19-12-14-8(2)16-17-12)11(18)15-10-5-3-9(13)4-6-10/h3-7H,13H2,1-2H3,(H,15,18)(H,14,16,17). The van der Waals surface area contributed by atoms with Crippen molar-refractivity contribution in [3.05, 3.63) is 30.1 Å². The molecule has 0 saturated heterocycles. The number of benzene rings is 1. The summed E-state index contributed by atoms with van der Waals surface area (Å²) in [6, 6.07) is 7.02. The zero-order chi connectivity index (χ0) is 13.8. The van der Waals surface area contributed by atoms with E-state index in [2.05, 4.69) is 20.5 Å². The normalized spacial score (nSPS) is 12.1. The molecule has 100 valence electrons. The molecule has 4 N–H and O–H groups in total. The molecule has 1 aromatic heterocycles. The number of aromatic amines is 1. The molecule has 7 heteroatoms. The Labute approximate surface area is 115 Å². The summed E-state index contributed by atoms with van der Waals surface area (Å²) in [5.74, 6) is 0.630. The summed E-state index contributed by atoms with van der Waals surface area (Å²) in [7, 11) is 0. The van der Waals surface area contributed by atoms with Crippen LogP contribution in [0.3, 0.4) is 0 Å². The zero-order valence-corrected chi connectivity index (χ0v) is 11.5. The predicted octanol–water partition coefficient (Wildman–Crippen LogP) is 1.81. The lowest BCUT2D eigenvalue weighted by molar-refractivity contribution is -0.115. The van der Waals surface area contributed by atoms with Crippen LogP contribution in [-0.2, 0) is 4.79 Å². The maximum atomic E-state index is 12.0. The minimum Gasteiger partial charge on any atom is -0.399 e. The Hall–Kier alpha value is -2.02. The Morgan fingerprint density at radius 3 is 2.68 bits per heavy atom. The van der Waals surface area contributed by atoms with Crippen molar-refractivity contribution in [1.29, 1.82) is 0 Å². The minimum atomic E-state index is -0.284. The van der Waals surface area contributed by atoms with Crippen LogP contribution in [0.5, 0.6) is 0 Å². The van der Waals surface area contributed by atoms with Gasteiger partial charge < -0.3 is 11.1 Å². The van der Waals surface area contributed by atoms with Crippen molar-refractivity contribution >= 4 is 29.0 Å². The fourth-order valence-electron chi connectivity index (χ4n) is 1.40. The molecule has 1 atom stereocenters. The lowest BCUT2D eigenvalue weighted by atomic mass is 10.3. The van der Waals surface area contributed by atoms with Gasteiger partial charge >= 0.3 is 0 Å². The van der Waals surface area contributed by atoms with Gasteiger partial charge in [-0.1, -0.05) is 11.8 Å². The number of carbonyl (C=O) groups excluding carboxylic acids is 1. The highest BCUT2D eigenvalue weighted by Gasteiger charge is 2.16. The molecule has 0 radical (unpaired) electrons. The Bertz CT molecular complexity index is 566. The van der Waals surface area contributed by atoms with Crippen molar-refractivity contribution in [1.82, 2.24) is 15.2 Å². The monoisotopic (exact) mass is 277 g/mol. The highest BCUT2D eigenvalue weighted by Crippen LogP contribution is 2.20. The van der Waals surface area contributed by atoms with Gasteiger partial charge in [-0.25, -0.2) is 4.98 Å². The molecule has 2 aromatic rings. The average Bonchev–Trinajstić information content (AvgIpc) is 2.77. The molecule has 1 unspecified atom stereocenters. The van der Waals surface area contributed by atoms with E-state index in [1.54, 1.807) is 24.3 Å². The van der Waals surface area contributed by atoms with Gasteiger partial charge in [0, 0.05) is 11.4 Å². The summed E-state index contributed by atoms with van der Waals surface area (Å²) >= 11 is 1.30. The van der Waals surface area contributed by atoms with Crippen molar-refractivity contribution in [3.63, 3.8) is 0 Å². The van der Waals surface area contributed by atoms with Crippen molar-refractivity contribution in [2.24, 2.45) is 0 Å². The molecule has 0 fully saturated rings. The first-order valence-corrected chi connectivity index (χ1v) is 6.64. The van der Waals surface area contributed by atoms with E-state index in [-0.39, 0.29) is 11.2 Å². The number of hydrogen-bond donors (Lipinski definition) is 3. The predicted molar refractivity (Wildman–Crippen MR) is 75.9 cm³/mol. The molecule has 0 spiro atoms. The van der Waals surface area contributed by atoms with Crippen LogP contribution in [0, 0.1) is 6.92 Å². The molecular weight excluding hydrogens is 262 g/mol. The number of H-pyrrole nitrogens is 1. The number of nitrogens with zero attached hydrogens (tertiary/aromatic N) is 2. The lowest BCUT2D eigenvalue weighted by Crippen LogP contribution is -2.22. The molecule has 1 heterocycles. The van der Waals surface area contributed by atoms with Gasteiger partial charge in [-0.3, -0.25) is 9.89 Å². The highest BCUT2D eigenvalue weighted by atomic mass is 32.2. The molecule has 0 saturated carbocycles. The topological polar surface area (TPSA) is 96.7 Å². The number of aryl methyl sites for hydroxylation is 1. The molecule has 0 bridgehead atoms. The number of hydrogen-bond acceptors (Lipinski definition) is 5. The second-order valence-electron chi connectivity index (χ2n) is 4.07. The second kappa shape index (κ2) is 5.75. The van der Waals surface area contributed by atoms with Gasteiger partial charge in [0.15, 0.2) is 0 Å². The van der Waals surface area contributed by atoms with Crippen LogP contribution >= 0.6 is 11.8 Å². The maximum Gasteiger partial charge on any atom is 0.237 e. The van der Waals surface area contributed by atoms with E-state index in [1.165, 1.54) is 11.8 Å². The number of thioether (sulfide) groups is 1. The van der Waals surface area contributed by atoms with Crippen molar-refractivity contribution in [2.45, 2.75) is 24.3 Å². The highest BCUT2D eigenvalue weighted by molar-refractivity contribution is 8.00. The van der Waals surface area contributed by atoms with Gasteiger partial charge in [0.25, 0.3) is 0 Å². The first-order valence-electron chi connectivity index (χ1n) is 5.76. The number of aromatic nitrogens is 3. The van der Waals surface area contributed by atoms with Crippen molar-refractivity contribution in [2.75, 3.05) is 11.1 Å². The van der Waals surface area contributed by atoms with Crippen molar-refractivity contribution in [3.8, 4) is 0 Å². The molecule has 0 aliphatic heterocycles. The number of nitrogens with two attached hydrogens (primary N) is 1. The molecule has 6 nitrogen and oxygen atoms in total. The molecule has 0 aliphatic carbocycles. The number of nitrogens with one attached hydrogen (secondary N) is 2. The van der Waals surface area contributed by atoms with Crippen molar-refractivity contribution < 1.29 is 4.79 Å². The van der Waals surface area contributed by atoms with E-state index >= 15 is 0 Å². The van der Waals surface area contributed by atoms with Crippen LogP contribution in [0.1, 0.15) is 12.7 Å². The Balaban J connectivity index is 1.94. The molecule has 19 heavy (non-hydrogen) atoms. The number of rotatable bonds is 4. The largest absolute Gasteiger partial charge is 0.399 e. The Morgan fingerprint density at radius 2 is 2.11 bits per heavy atom. The van der Waals surface area contributed by atoms with Crippen LogP contribution in [0.2, 0.25) is 0 Å². The number of anilines is 2. The summed E-state index contributed by atoms with van der Waals surface area (Å²) in [4.78, 5) is 16.1. The van der Waals surface area contributed by atoms with Gasteiger partial charge in [-0.05, 0) is 38.1 Å². The molecular formula is C12H15N5OS. The van der Waals surface area contributed by atoms with E-state index < -0.39 is 0 Å². The van der Waals surface area contributed by atoms with Crippen LogP contribution in [0.4, 0.5) is 11.4 Å². The van der Waals surface area contributed by atoms with Crippen LogP contribution < -0.4 is 11.1 Å². The number of nitrogen functional groups attached to an aromatic ring is 1. The third kappa shape index (κ3) is 3.72. The third-order valence-electron chi connectivity index (χ3n) is 2.41. The minimum absolute atomic E-state index is 0.0998. The average molecular weight is 277 g/mol. The van der Waals surface area contributed by atoms with Gasteiger partial charge in [-0.15, -0.1) is 5.10 Å².